The summed E-state index contributed by atoms with van der Waals surface area (Å²) in [6.07, 6.45) is -0.904. The summed E-state index contributed by atoms with van der Waals surface area (Å²) >= 11 is 0. The van der Waals surface area contributed by atoms with Gasteiger partial charge in [-0.15, -0.1) is 0 Å². The molecule has 0 radical (unpaired) electrons. The van der Waals surface area contributed by atoms with Crippen molar-refractivity contribution in [2.75, 3.05) is 18.6 Å². The van der Waals surface area contributed by atoms with Crippen molar-refractivity contribution in [3.05, 3.63) is 90.8 Å². The number of anilines is 1. The van der Waals surface area contributed by atoms with E-state index in [9.17, 15) is 9.59 Å². The fraction of sp³-hybridized carbons (Fsp3) is 0.207. The van der Waals surface area contributed by atoms with Gasteiger partial charge in [0.15, 0.2) is 12.4 Å². The van der Waals surface area contributed by atoms with Gasteiger partial charge in [-0.25, -0.2) is 14.6 Å². The van der Waals surface area contributed by atoms with Crippen LogP contribution in [0.2, 0.25) is 0 Å². The van der Waals surface area contributed by atoms with Crippen LogP contribution < -0.4 is 9.64 Å². The molecule has 8 heteroatoms. The second-order valence-electron chi connectivity index (χ2n) is 8.40. The molecule has 0 bridgehead atoms. The van der Waals surface area contributed by atoms with E-state index < -0.39 is 12.1 Å². The largest absolute Gasteiger partial charge is 0.482 e. The SMILES string of the molecule is COC(=O)COc1cccc(N(Cc2nc(-c3ccccc3)c(-c3ccccc3)o2)C(=O)OC(C)C)c1. The van der Waals surface area contributed by atoms with Crippen LogP contribution in [0.3, 0.4) is 0 Å². The van der Waals surface area contributed by atoms with Gasteiger partial charge < -0.3 is 18.6 Å². The van der Waals surface area contributed by atoms with Crippen molar-refractivity contribution in [1.82, 2.24) is 4.98 Å². The maximum atomic E-state index is 13.1. The second kappa shape index (κ2) is 11.9. The highest BCUT2D eigenvalue weighted by molar-refractivity contribution is 5.88. The maximum Gasteiger partial charge on any atom is 0.415 e. The molecule has 4 rings (SSSR count). The summed E-state index contributed by atoms with van der Waals surface area (Å²) in [5.41, 5.74) is 2.93. The Morgan fingerprint density at radius 1 is 0.919 bits per heavy atom. The van der Waals surface area contributed by atoms with E-state index in [1.54, 1.807) is 38.1 Å². The van der Waals surface area contributed by atoms with Crippen molar-refractivity contribution in [2.24, 2.45) is 0 Å². The van der Waals surface area contributed by atoms with Crippen molar-refractivity contribution in [2.45, 2.75) is 26.5 Å². The molecule has 0 atom stereocenters. The molecule has 3 aromatic carbocycles. The zero-order chi connectivity index (χ0) is 26.2. The maximum absolute atomic E-state index is 13.1. The van der Waals surface area contributed by atoms with Crippen LogP contribution in [-0.2, 0) is 20.8 Å². The Labute approximate surface area is 215 Å². The first-order chi connectivity index (χ1) is 17.9. The molecule has 0 aliphatic heterocycles. The predicted molar refractivity (Wildman–Crippen MR) is 139 cm³/mol. The molecule has 0 unspecified atom stereocenters. The van der Waals surface area contributed by atoms with Gasteiger partial charge in [0.2, 0.25) is 5.89 Å². The van der Waals surface area contributed by atoms with E-state index in [1.165, 1.54) is 12.0 Å². The fourth-order valence-electron chi connectivity index (χ4n) is 3.61. The first-order valence-corrected chi connectivity index (χ1v) is 11.8. The molecule has 0 saturated carbocycles. The molecule has 4 aromatic rings. The number of rotatable bonds is 9. The quantitative estimate of drug-likeness (QED) is 0.256. The average molecular weight is 501 g/mol. The molecular weight excluding hydrogens is 472 g/mol. The molecule has 190 valence electrons. The van der Waals surface area contributed by atoms with Gasteiger partial charge in [0.05, 0.1) is 18.9 Å². The van der Waals surface area contributed by atoms with Gasteiger partial charge in [0.1, 0.15) is 18.0 Å². The van der Waals surface area contributed by atoms with Gasteiger partial charge in [-0.05, 0) is 26.0 Å². The van der Waals surface area contributed by atoms with E-state index >= 15 is 0 Å². The third kappa shape index (κ3) is 6.55. The molecule has 0 spiro atoms. The van der Waals surface area contributed by atoms with Crippen molar-refractivity contribution in [3.63, 3.8) is 0 Å². The van der Waals surface area contributed by atoms with Gasteiger partial charge in [0.25, 0.3) is 0 Å². The van der Waals surface area contributed by atoms with Crippen molar-refractivity contribution in [3.8, 4) is 28.3 Å². The summed E-state index contributed by atoms with van der Waals surface area (Å²) in [5.74, 6) is 0.823. The van der Waals surface area contributed by atoms with Crippen molar-refractivity contribution in [1.29, 1.82) is 0 Å². The molecule has 1 aromatic heterocycles. The number of methoxy groups -OCH3 is 1. The summed E-state index contributed by atoms with van der Waals surface area (Å²) in [4.78, 5) is 30.8. The molecule has 0 aliphatic rings. The van der Waals surface area contributed by atoms with Crippen LogP contribution >= 0.6 is 0 Å². The molecule has 0 fully saturated rings. The Hall–Kier alpha value is -4.59. The minimum atomic E-state index is -0.569. The van der Waals surface area contributed by atoms with Crippen LogP contribution in [0, 0.1) is 0 Å². The molecule has 0 aliphatic carbocycles. The molecule has 0 N–H and O–H groups in total. The van der Waals surface area contributed by atoms with Gasteiger partial charge in [-0.3, -0.25) is 4.90 Å². The average Bonchev–Trinajstić information content (AvgIpc) is 3.35. The Bertz CT molecular complexity index is 1280. The van der Waals surface area contributed by atoms with Gasteiger partial charge in [0, 0.05) is 17.2 Å². The molecule has 1 heterocycles. The zero-order valence-corrected chi connectivity index (χ0v) is 20.9. The van der Waals surface area contributed by atoms with E-state index in [4.69, 9.17) is 18.9 Å². The predicted octanol–water partition coefficient (Wildman–Crippen LogP) is 6.11. The highest BCUT2D eigenvalue weighted by atomic mass is 16.6. The summed E-state index contributed by atoms with van der Waals surface area (Å²) in [5, 5.41) is 0. The highest BCUT2D eigenvalue weighted by Gasteiger charge is 2.24. The third-order valence-electron chi connectivity index (χ3n) is 5.32. The topological polar surface area (TPSA) is 91.1 Å². The second-order valence-corrected chi connectivity index (χ2v) is 8.40. The number of hydrogen-bond acceptors (Lipinski definition) is 7. The van der Waals surface area contributed by atoms with Crippen LogP contribution in [0.5, 0.6) is 5.75 Å². The van der Waals surface area contributed by atoms with E-state index in [2.05, 4.69) is 4.74 Å². The van der Waals surface area contributed by atoms with E-state index in [1.807, 2.05) is 60.7 Å². The number of oxazole rings is 1. The van der Waals surface area contributed by atoms with Crippen molar-refractivity contribution < 1.29 is 28.2 Å². The molecular formula is C29H28N2O6. The van der Waals surface area contributed by atoms with Crippen LogP contribution in [0.1, 0.15) is 19.7 Å². The zero-order valence-electron chi connectivity index (χ0n) is 20.9. The lowest BCUT2D eigenvalue weighted by molar-refractivity contribution is -0.142. The lowest BCUT2D eigenvalue weighted by Gasteiger charge is -2.22. The first kappa shape index (κ1) is 25.5. The van der Waals surface area contributed by atoms with Crippen LogP contribution in [0.15, 0.2) is 89.3 Å². The Morgan fingerprint density at radius 3 is 2.24 bits per heavy atom. The van der Waals surface area contributed by atoms with Crippen LogP contribution in [-0.4, -0.2) is 36.9 Å². The molecule has 0 saturated heterocycles. The number of carbonyl (C=O) groups is 2. The smallest absolute Gasteiger partial charge is 0.415 e. The number of hydrogen-bond donors (Lipinski definition) is 0. The number of esters is 1. The Balaban J connectivity index is 1.70. The highest BCUT2D eigenvalue weighted by Crippen LogP contribution is 2.34. The number of amides is 1. The molecule has 37 heavy (non-hydrogen) atoms. The minimum Gasteiger partial charge on any atom is -0.482 e. The summed E-state index contributed by atoms with van der Waals surface area (Å²) in [6, 6.07) is 26.2. The van der Waals surface area contributed by atoms with Gasteiger partial charge in [-0.1, -0.05) is 66.7 Å². The fourth-order valence-corrected chi connectivity index (χ4v) is 3.61. The van der Waals surface area contributed by atoms with E-state index in [0.29, 0.717) is 28.8 Å². The number of carbonyl (C=O) groups excluding carboxylic acids is 2. The lowest BCUT2D eigenvalue weighted by atomic mass is 10.1. The lowest BCUT2D eigenvalue weighted by Crippen LogP contribution is -2.33. The van der Waals surface area contributed by atoms with Crippen molar-refractivity contribution >= 4 is 17.7 Å². The summed E-state index contributed by atoms with van der Waals surface area (Å²) < 4.78 is 21.9. The first-order valence-electron chi connectivity index (χ1n) is 11.8. The van der Waals surface area contributed by atoms with Gasteiger partial charge >= 0.3 is 12.1 Å². The number of ether oxygens (including phenoxy) is 3. The van der Waals surface area contributed by atoms with E-state index in [0.717, 1.165) is 11.1 Å². The Morgan fingerprint density at radius 2 is 1.59 bits per heavy atom. The Kier molecular flexibility index (Phi) is 8.20. The number of nitrogens with zero attached hydrogens (tertiary/aromatic N) is 2. The third-order valence-corrected chi connectivity index (χ3v) is 5.32. The standard InChI is InChI=1S/C29H28N2O6/c1-20(2)36-29(33)31(23-15-10-16-24(17-23)35-19-26(32)34-3)18-25-30-27(21-11-6-4-7-12-21)28(37-25)22-13-8-5-9-14-22/h4-17,20H,18-19H2,1-3H3. The van der Waals surface area contributed by atoms with Crippen LogP contribution in [0.4, 0.5) is 10.5 Å². The molecule has 1 amide bonds. The monoisotopic (exact) mass is 500 g/mol. The number of benzene rings is 3. The summed E-state index contributed by atoms with van der Waals surface area (Å²) in [6.45, 7) is 3.31. The minimum absolute atomic E-state index is 0.0126. The van der Waals surface area contributed by atoms with Gasteiger partial charge in [-0.2, -0.15) is 0 Å². The molecule has 8 nitrogen and oxygen atoms in total. The number of aromatic nitrogens is 1. The van der Waals surface area contributed by atoms with Crippen LogP contribution in [0.25, 0.3) is 22.6 Å². The van der Waals surface area contributed by atoms with E-state index in [-0.39, 0.29) is 19.3 Å². The normalized spacial score (nSPS) is 10.7. The summed E-state index contributed by atoms with van der Waals surface area (Å²) in [7, 11) is 1.29.